The first kappa shape index (κ1) is 12.6. The lowest BCUT2D eigenvalue weighted by atomic mass is 9.95. The molecule has 1 aliphatic rings. The maximum Gasteiger partial charge on any atom is 0.150 e. The van der Waals surface area contributed by atoms with Crippen molar-refractivity contribution in [1.82, 2.24) is 14.8 Å². The molecule has 1 aromatic heterocycles. The number of hydrogen-bond acceptors (Lipinski definition) is 3. The van der Waals surface area contributed by atoms with E-state index in [0.29, 0.717) is 6.04 Å². The average molecular weight is 236 g/mol. The van der Waals surface area contributed by atoms with Gasteiger partial charge in [0.25, 0.3) is 0 Å². The van der Waals surface area contributed by atoms with E-state index in [-0.39, 0.29) is 6.04 Å². The van der Waals surface area contributed by atoms with Gasteiger partial charge in [-0.3, -0.25) is 0 Å². The molecule has 0 bridgehead atoms. The van der Waals surface area contributed by atoms with Gasteiger partial charge in [-0.15, -0.1) is 10.2 Å². The monoisotopic (exact) mass is 236 g/mol. The van der Waals surface area contributed by atoms with Crippen LogP contribution in [-0.2, 0) is 0 Å². The van der Waals surface area contributed by atoms with Crippen LogP contribution in [0.5, 0.6) is 0 Å². The highest BCUT2D eigenvalue weighted by atomic mass is 15.3. The molecular formula is C13H24N4. The molecule has 0 aliphatic heterocycles. The zero-order valence-corrected chi connectivity index (χ0v) is 10.8. The molecular weight excluding hydrogens is 212 g/mol. The van der Waals surface area contributed by atoms with E-state index in [4.69, 9.17) is 5.73 Å². The molecule has 1 aliphatic carbocycles. The second kappa shape index (κ2) is 6.15. The number of rotatable bonds is 5. The van der Waals surface area contributed by atoms with Crippen molar-refractivity contribution in [2.45, 2.75) is 70.4 Å². The highest BCUT2D eigenvalue weighted by Crippen LogP contribution is 2.30. The Labute approximate surface area is 104 Å². The smallest absolute Gasteiger partial charge is 0.150 e. The number of nitrogens with two attached hydrogens (primary N) is 1. The summed E-state index contributed by atoms with van der Waals surface area (Å²) in [6.45, 7) is 2.19. The third kappa shape index (κ3) is 3.06. The molecule has 4 heteroatoms. The first-order valence-corrected chi connectivity index (χ1v) is 6.98. The first-order valence-electron chi connectivity index (χ1n) is 6.98. The second-order valence-corrected chi connectivity index (χ2v) is 5.14. The molecule has 1 heterocycles. The van der Waals surface area contributed by atoms with Crippen molar-refractivity contribution < 1.29 is 0 Å². The minimum atomic E-state index is 0.0550. The van der Waals surface area contributed by atoms with Crippen LogP contribution in [0.3, 0.4) is 0 Å². The number of nitrogens with zero attached hydrogens (tertiary/aromatic N) is 3. The van der Waals surface area contributed by atoms with E-state index in [0.717, 1.165) is 12.2 Å². The normalized spacial score (nSPS) is 19.4. The van der Waals surface area contributed by atoms with Gasteiger partial charge in [0.1, 0.15) is 12.2 Å². The number of unbranched alkanes of at least 4 members (excludes halogenated alkanes) is 1. The largest absolute Gasteiger partial charge is 0.321 e. The van der Waals surface area contributed by atoms with Crippen molar-refractivity contribution in [1.29, 1.82) is 0 Å². The summed E-state index contributed by atoms with van der Waals surface area (Å²) in [6.07, 6.45) is 11.8. The zero-order chi connectivity index (χ0) is 12.1. The van der Waals surface area contributed by atoms with Crippen LogP contribution < -0.4 is 5.73 Å². The zero-order valence-electron chi connectivity index (χ0n) is 10.8. The van der Waals surface area contributed by atoms with Crippen LogP contribution >= 0.6 is 0 Å². The fourth-order valence-electron chi connectivity index (χ4n) is 2.71. The van der Waals surface area contributed by atoms with E-state index in [1.165, 1.54) is 44.9 Å². The van der Waals surface area contributed by atoms with Crippen molar-refractivity contribution in [2.75, 3.05) is 0 Å². The van der Waals surface area contributed by atoms with Crippen LogP contribution in [0.2, 0.25) is 0 Å². The Morgan fingerprint density at radius 3 is 2.88 bits per heavy atom. The Balaban J connectivity index is 2.04. The van der Waals surface area contributed by atoms with Gasteiger partial charge in [0, 0.05) is 6.04 Å². The fraction of sp³-hybridized carbons (Fsp3) is 0.846. The predicted molar refractivity (Wildman–Crippen MR) is 68.6 cm³/mol. The second-order valence-electron chi connectivity index (χ2n) is 5.14. The van der Waals surface area contributed by atoms with E-state index in [1.807, 2.05) is 6.33 Å². The van der Waals surface area contributed by atoms with E-state index in [1.54, 1.807) is 0 Å². The Bertz CT molecular complexity index is 328. The molecule has 1 fully saturated rings. The molecule has 0 amide bonds. The number of hydrogen-bond donors (Lipinski definition) is 1. The lowest BCUT2D eigenvalue weighted by molar-refractivity contribution is 0.338. The summed E-state index contributed by atoms with van der Waals surface area (Å²) in [7, 11) is 0. The SMILES string of the molecule is CCCC[C@H](N)c1nncn1C1CCCCC1. The van der Waals surface area contributed by atoms with Gasteiger partial charge in [0.15, 0.2) is 0 Å². The molecule has 2 N–H and O–H groups in total. The van der Waals surface area contributed by atoms with Crippen LogP contribution in [0.1, 0.15) is 76.2 Å². The summed E-state index contributed by atoms with van der Waals surface area (Å²) in [4.78, 5) is 0. The maximum atomic E-state index is 6.21. The standard InChI is InChI=1S/C13H24N4/c1-2-3-9-12(14)13-16-15-10-17(13)11-7-5-4-6-8-11/h10-12H,2-9,14H2,1H3/t12-/m0/s1. The van der Waals surface area contributed by atoms with E-state index >= 15 is 0 Å². The summed E-state index contributed by atoms with van der Waals surface area (Å²) < 4.78 is 2.24. The topological polar surface area (TPSA) is 56.7 Å². The summed E-state index contributed by atoms with van der Waals surface area (Å²) in [6, 6.07) is 0.640. The molecule has 0 spiro atoms. The lowest BCUT2D eigenvalue weighted by Gasteiger charge is -2.25. The Kier molecular flexibility index (Phi) is 4.54. The molecule has 0 saturated heterocycles. The number of aromatic nitrogens is 3. The molecule has 4 nitrogen and oxygen atoms in total. The van der Waals surface area contributed by atoms with E-state index in [2.05, 4.69) is 21.7 Å². The van der Waals surface area contributed by atoms with Crippen molar-refractivity contribution >= 4 is 0 Å². The molecule has 17 heavy (non-hydrogen) atoms. The molecule has 1 saturated carbocycles. The van der Waals surface area contributed by atoms with Crippen LogP contribution in [0.15, 0.2) is 6.33 Å². The Hall–Kier alpha value is -0.900. The van der Waals surface area contributed by atoms with Crippen LogP contribution in [0.4, 0.5) is 0 Å². The van der Waals surface area contributed by atoms with Gasteiger partial charge in [0.05, 0.1) is 6.04 Å². The highest BCUT2D eigenvalue weighted by Gasteiger charge is 2.21. The lowest BCUT2D eigenvalue weighted by Crippen LogP contribution is -2.21. The summed E-state index contributed by atoms with van der Waals surface area (Å²) in [5.41, 5.74) is 6.21. The highest BCUT2D eigenvalue weighted by molar-refractivity contribution is 4.96. The van der Waals surface area contributed by atoms with Crippen molar-refractivity contribution in [2.24, 2.45) is 5.73 Å². The maximum absolute atomic E-state index is 6.21. The van der Waals surface area contributed by atoms with E-state index in [9.17, 15) is 0 Å². The van der Waals surface area contributed by atoms with Gasteiger partial charge in [-0.1, -0.05) is 39.0 Å². The molecule has 1 atom stereocenters. The fourth-order valence-corrected chi connectivity index (χ4v) is 2.71. The molecule has 1 aromatic rings. The molecule has 0 radical (unpaired) electrons. The van der Waals surface area contributed by atoms with E-state index < -0.39 is 0 Å². The van der Waals surface area contributed by atoms with Crippen molar-refractivity contribution in [3.8, 4) is 0 Å². The molecule has 0 unspecified atom stereocenters. The summed E-state index contributed by atoms with van der Waals surface area (Å²) in [5.74, 6) is 0.991. The van der Waals surface area contributed by atoms with Gasteiger partial charge in [-0.25, -0.2) is 0 Å². The third-order valence-electron chi connectivity index (χ3n) is 3.77. The minimum Gasteiger partial charge on any atom is -0.321 e. The Morgan fingerprint density at radius 2 is 2.18 bits per heavy atom. The predicted octanol–water partition coefficient (Wildman–Crippen LogP) is 2.97. The van der Waals surface area contributed by atoms with Gasteiger partial charge >= 0.3 is 0 Å². The first-order chi connectivity index (χ1) is 8.33. The van der Waals surface area contributed by atoms with Gasteiger partial charge in [-0.05, 0) is 19.3 Å². The Morgan fingerprint density at radius 1 is 1.41 bits per heavy atom. The van der Waals surface area contributed by atoms with Crippen LogP contribution in [-0.4, -0.2) is 14.8 Å². The summed E-state index contributed by atoms with van der Waals surface area (Å²) >= 11 is 0. The molecule has 2 rings (SSSR count). The molecule has 96 valence electrons. The van der Waals surface area contributed by atoms with Gasteiger partial charge in [0.2, 0.25) is 0 Å². The van der Waals surface area contributed by atoms with Crippen molar-refractivity contribution in [3.63, 3.8) is 0 Å². The molecule has 0 aromatic carbocycles. The van der Waals surface area contributed by atoms with Crippen LogP contribution in [0, 0.1) is 0 Å². The van der Waals surface area contributed by atoms with Gasteiger partial charge < -0.3 is 10.3 Å². The van der Waals surface area contributed by atoms with Gasteiger partial charge in [-0.2, -0.15) is 0 Å². The minimum absolute atomic E-state index is 0.0550. The third-order valence-corrected chi connectivity index (χ3v) is 3.77. The quantitative estimate of drug-likeness (QED) is 0.855. The average Bonchev–Trinajstić information content (AvgIpc) is 2.86. The van der Waals surface area contributed by atoms with Crippen LogP contribution in [0.25, 0.3) is 0 Å². The van der Waals surface area contributed by atoms with Crippen molar-refractivity contribution in [3.05, 3.63) is 12.2 Å². The summed E-state index contributed by atoms with van der Waals surface area (Å²) in [5, 5.41) is 8.29.